The van der Waals surface area contributed by atoms with E-state index in [-0.39, 0.29) is 6.42 Å². The highest BCUT2D eigenvalue weighted by Crippen LogP contribution is 2.25. The second kappa shape index (κ2) is 9.80. The number of benzene rings is 1. The summed E-state index contributed by atoms with van der Waals surface area (Å²) in [6, 6.07) is 3.77. The van der Waals surface area contributed by atoms with Crippen LogP contribution in [0.4, 0.5) is 5.69 Å². The molecule has 25 heavy (non-hydrogen) atoms. The summed E-state index contributed by atoms with van der Waals surface area (Å²) < 4.78 is 0. The average Bonchev–Trinajstić information content (AvgIpc) is 2.58. The van der Waals surface area contributed by atoms with E-state index in [0.717, 1.165) is 19.3 Å². The fourth-order valence-corrected chi connectivity index (χ4v) is 3.20. The summed E-state index contributed by atoms with van der Waals surface area (Å²) in [5, 5.41) is 16.3. The van der Waals surface area contributed by atoms with E-state index in [1.807, 2.05) is 0 Å². The van der Waals surface area contributed by atoms with E-state index in [9.17, 15) is 14.7 Å². The van der Waals surface area contributed by atoms with Crippen LogP contribution in [0.5, 0.6) is 0 Å². The predicted octanol–water partition coefficient (Wildman–Crippen LogP) is 1.89. The number of amides is 1. The minimum Gasteiger partial charge on any atom is -0.544 e. The van der Waals surface area contributed by atoms with Gasteiger partial charge in [0.2, 0.25) is 5.91 Å². The van der Waals surface area contributed by atoms with Gasteiger partial charge in [-0.3, -0.25) is 4.79 Å². The monoisotopic (exact) mass is 384 g/mol. The maximum Gasteiger partial charge on any atom is 0.230 e. The summed E-state index contributed by atoms with van der Waals surface area (Å²) >= 11 is 11.9. The molecule has 1 amide bonds. The van der Waals surface area contributed by atoms with Gasteiger partial charge in [0.25, 0.3) is 0 Å². The largest absolute Gasteiger partial charge is 0.544 e. The van der Waals surface area contributed by atoms with Crippen molar-refractivity contribution in [2.45, 2.75) is 44.6 Å². The molecule has 0 radical (unpaired) electrons. The van der Waals surface area contributed by atoms with Crippen LogP contribution < -0.4 is 15.7 Å². The smallest absolute Gasteiger partial charge is 0.230 e. The Labute approximate surface area is 157 Å². The van der Waals surface area contributed by atoms with Crippen molar-refractivity contribution in [1.82, 2.24) is 0 Å². The molecule has 0 unspecified atom stereocenters. The van der Waals surface area contributed by atoms with Crippen LogP contribution >= 0.6 is 23.2 Å². The number of allylic oxidation sites excluding steroid dienone is 1. The van der Waals surface area contributed by atoms with Crippen molar-refractivity contribution < 1.29 is 20.0 Å². The summed E-state index contributed by atoms with van der Waals surface area (Å²) in [5.74, 6) is -1.68. The zero-order valence-corrected chi connectivity index (χ0v) is 15.4. The fourth-order valence-electron chi connectivity index (χ4n) is 2.86. The zero-order chi connectivity index (χ0) is 18.2. The molecule has 0 bridgehead atoms. The quantitative estimate of drug-likeness (QED) is 0.671. The second-order valence-electron chi connectivity index (χ2n) is 6.18. The normalized spacial score (nSPS) is 15.4. The van der Waals surface area contributed by atoms with E-state index in [1.54, 1.807) is 17.4 Å². The molecule has 5 nitrogen and oxygen atoms in total. The van der Waals surface area contributed by atoms with Crippen LogP contribution in [-0.2, 0) is 9.59 Å². The number of carbonyl (C=O) groups excluding carboxylic acids is 2. The Kier molecular flexibility index (Phi) is 7.75. The Hall–Kier alpha value is -1.56. The molecule has 1 aromatic rings. The third-order valence-corrected chi connectivity index (χ3v) is 4.78. The van der Waals surface area contributed by atoms with Crippen molar-refractivity contribution >= 4 is 40.8 Å². The van der Waals surface area contributed by atoms with Crippen LogP contribution in [0.25, 0.3) is 0 Å². The van der Waals surface area contributed by atoms with Gasteiger partial charge in [-0.1, -0.05) is 34.9 Å². The minimum absolute atomic E-state index is 0.190. The Bertz CT molecular complexity index is 662. The molecule has 1 aliphatic carbocycles. The molecule has 3 N–H and O–H groups in total. The number of rotatable bonds is 8. The molecule has 1 aliphatic rings. The molecule has 0 aliphatic heterocycles. The topological polar surface area (TPSA) is 85.8 Å². The summed E-state index contributed by atoms with van der Waals surface area (Å²) in [4.78, 5) is 23.4. The third-order valence-electron chi connectivity index (χ3n) is 4.21. The van der Waals surface area contributed by atoms with Gasteiger partial charge in [-0.2, -0.15) is 0 Å². The van der Waals surface area contributed by atoms with Gasteiger partial charge in [-0.05, 0) is 43.9 Å². The zero-order valence-electron chi connectivity index (χ0n) is 13.9. The van der Waals surface area contributed by atoms with Crippen LogP contribution in [0.3, 0.4) is 0 Å². The number of nitrogens with two attached hydrogens (primary N) is 1. The van der Waals surface area contributed by atoms with E-state index >= 15 is 0 Å². The first-order valence-electron chi connectivity index (χ1n) is 8.42. The number of carbonyl (C=O) groups is 2. The average molecular weight is 385 g/mol. The van der Waals surface area contributed by atoms with Gasteiger partial charge in [-0.15, -0.1) is 0 Å². The van der Waals surface area contributed by atoms with Crippen LogP contribution in [0.1, 0.15) is 38.5 Å². The molecular formula is C18H22Cl2N2O3. The Morgan fingerprint density at radius 1 is 1.28 bits per heavy atom. The van der Waals surface area contributed by atoms with Gasteiger partial charge in [-0.25, -0.2) is 0 Å². The number of hydrogen-bond donors (Lipinski definition) is 2. The molecule has 0 heterocycles. The van der Waals surface area contributed by atoms with Gasteiger partial charge in [0.15, 0.2) is 0 Å². The number of nitrogens with one attached hydrogen (secondary N) is 1. The van der Waals surface area contributed by atoms with Crippen LogP contribution in [0.2, 0.25) is 10.0 Å². The molecule has 1 atom stereocenters. The fraction of sp³-hybridized carbons (Fsp3) is 0.444. The maximum absolute atomic E-state index is 12.1. The lowest BCUT2D eigenvalue weighted by molar-refractivity contribution is -0.682. The predicted molar refractivity (Wildman–Crippen MR) is 96.5 cm³/mol. The van der Waals surface area contributed by atoms with Crippen molar-refractivity contribution in [3.63, 3.8) is 0 Å². The molecule has 0 saturated heterocycles. The second-order valence-corrected chi connectivity index (χ2v) is 7.03. The van der Waals surface area contributed by atoms with E-state index < -0.39 is 17.9 Å². The van der Waals surface area contributed by atoms with E-state index in [4.69, 9.17) is 23.2 Å². The summed E-state index contributed by atoms with van der Waals surface area (Å²) in [7, 11) is 0. The number of anilines is 1. The summed E-state index contributed by atoms with van der Waals surface area (Å²) in [6.07, 6.45) is 7.48. The highest BCUT2D eigenvalue weighted by molar-refractivity contribution is 6.35. The van der Waals surface area contributed by atoms with Crippen LogP contribution in [0.15, 0.2) is 29.8 Å². The Balaban J connectivity index is 1.85. The van der Waals surface area contributed by atoms with Crippen molar-refractivity contribution in [2.75, 3.05) is 11.9 Å². The first-order chi connectivity index (χ1) is 12.0. The van der Waals surface area contributed by atoms with Gasteiger partial charge in [0, 0.05) is 11.4 Å². The number of aliphatic carboxylic acids is 1. The molecule has 0 fully saturated rings. The molecule has 136 valence electrons. The van der Waals surface area contributed by atoms with E-state index in [0.29, 0.717) is 22.3 Å². The van der Waals surface area contributed by atoms with Gasteiger partial charge in [0.05, 0.1) is 29.6 Å². The SMILES string of the molecule is O=C(C[C@H]([NH2+]CCC1=CCCCC1)C(=O)[O-])Nc1cc(Cl)ccc1Cl. The van der Waals surface area contributed by atoms with Gasteiger partial charge >= 0.3 is 0 Å². The number of carboxylic acids is 1. The first kappa shape index (κ1) is 19.8. The molecule has 1 aromatic carbocycles. The lowest BCUT2D eigenvalue weighted by Gasteiger charge is -2.18. The summed E-state index contributed by atoms with van der Waals surface area (Å²) in [5.41, 5.74) is 1.73. The number of hydrogen-bond acceptors (Lipinski definition) is 3. The molecule has 0 saturated carbocycles. The Morgan fingerprint density at radius 2 is 2.08 bits per heavy atom. The van der Waals surface area contributed by atoms with Crippen molar-refractivity contribution in [3.05, 3.63) is 39.9 Å². The van der Waals surface area contributed by atoms with Crippen molar-refractivity contribution in [2.24, 2.45) is 0 Å². The maximum atomic E-state index is 12.1. The van der Waals surface area contributed by atoms with Gasteiger partial charge < -0.3 is 20.5 Å². The van der Waals surface area contributed by atoms with E-state index in [2.05, 4.69) is 11.4 Å². The number of quaternary nitrogens is 1. The molecular weight excluding hydrogens is 363 g/mol. The molecule has 2 rings (SSSR count). The molecule has 7 heteroatoms. The first-order valence-corrected chi connectivity index (χ1v) is 9.18. The molecule has 0 aromatic heterocycles. The van der Waals surface area contributed by atoms with Crippen LogP contribution in [0, 0.1) is 0 Å². The van der Waals surface area contributed by atoms with Crippen LogP contribution in [-0.4, -0.2) is 24.5 Å². The Morgan fingerprint density at radius 3 is 2.76 bits per heavy atom. The van der Waals surface area contributed by atoms with Gasteiger partial charge in [0.1, 0.15) is 6.04 Å². The lowest BCUT2D eigenvalue weighted by atomic mass is 9.97. The minimum atomic E-state index is -1.25. The van der Waals surface area contributed by atoms with Crippen molar-refractivity contribution in [1.29, 1.82) is 0 Å². The van der Waals surface area contributed by atoms with Crippen molar-refractivity contribution in [3.8, 4) is 0 Å². The van der Waals surface area contributed by atoms with E-state index in [1.165, 1.54) is 24.5 Å². The number of halogens is 2. The lowest BCUT2D eigenvalue weighted by Crippen LogP contribution is -2.93. The standard InChI is InChI=1S/C18H22Cl2N2O3/c19-13-6-7-14(20)15(10-13)22-17(23)11-16(18(24)25)21-9-8-12-4-2-1-3-5-12/h4,6-7,10,16,21H,1-3,5,8-9,11H2,(H,22,23)(H,24,25)/t16-/m0/s1. The highest BCUT2D eigenvalue weighted by Gasteiger charge is 2.19. The number of carboxylic acid groups (broad SMARTS) is 1. The summed E-state index contributed by atoms with van der Waals surface area (Å²) in [6.45, 7) is 0.621. The highest BCUT2D eigenvalue weighted by atomic mass is 35.5. The molecule has 0 spiro atoms. The third kappa shape index (κ3) is 6.69.